The van der Waals surface area contributed by atoms with Crippen LogP contribution >= 0.6 is 0 Å². The van der Waals surface area contributed by atoms with Gasteiger partial charge in [-0.3, -0.25) is 10.1 Å². The zero-order chi connectivity index (χ0) is 12.2. The maximum Gasteiger partial charge on any atom is 0.292 e. The Morgan fingerprint density at radius 3 is 2.62 bits per heavy atom. The van der Waals surface area contributed by atoms with Crippen molar-refractivity contribution in [2.45, 2.75) is 25.9 Å². The number of rotatable bonds is 5. The van der Waals surface area contributed by atoms with Gasteiger partial charge in [-0.05, 0) is 26.3 Å². The lowest BCUT2D eigenvalue weighted by atomic mass is 10.1. The zero-order valence-corrected chi connectivity index (χ0v) is 9.43. The lowest BCUT2D eigenvalue weighted by molar-refractivity contribution is -0.384. The lowest BCUT2D eigenvalue weighted by Gasteiger charge is -2.17. The number of nitrogens with one attached hydrogen (secondary N) is 1. The highest BCUT2D eigenvalue weighted by Gasteiger charge is 2.14. The lowest BCUT2D eigenvalue weighted by Crippen LogP contribution is -2.22. The van der Waals surface area contributed by atoms with Crippen LogP contribution in [0.3, 0.4) is 0 Å². The molecule has 1 rings (SSSR count). The van der Waals surface area contributed by atoms with Gasteiger partial charge >= 0.3 is 0 Å². The summed E-state index contributed by atoms with van der Waals surface area (Å²) in [6.45, 7) is 3.90. The Kier molecular flexibility index (Phi) is 3.84. The molecule has 0 fully saturated rings. The Morgan fingerprint density at radius 1 is 1.44 bits per heavy atom. The summed E-state index contributed by atoms with van der Waals surface area (Å²) in [7, 11) is 0. The minimum absolute atomic E-state index is 0.0539. The topological polar surface area (TPSA) is 75.4 Å². The number of aliphatic hydroxyl groups is 1. The fraction of sp³-hybridized carbons (Fsp3) is 0.455. The third kappa shape index (κ3) is 3.86. The molecule has 0 heterocycles. The van der Waals surface area contributed by atoms with Crippen LogP contribution in [0.25, 0.3) is 0 Å². The van der Waals surface area contributed by atoms with E-state index < -0.39 is 10.5 Å². The van der Waals surface area contributed by atoms with Crippen LogP contribution in [0.4, 0.5) is 11.4 Å². The molecule has 5 heteroatoms. The highest BCUT2D eigenvalue weighted by Crippen LogP contribution is 2.23. The van der Waals surface area contributed by atoms with Crippen molar-refractivity contribution in [3.8, 4) is 0 Å². The summed E-state index contributed by atoms with van der Waals surface area (Å²) in [6, 6.07) is 6.47. The molecule has 0 spiro atoms. The monoisotopic (exact) mass is 224 g/mol. The van der Waals surface area contributed by atoms with Crippen LogP contribution in [0.2, 0.25) is 0 Å². The molecular weight excluding hydrogens is 208 g/mol. The quantitative estimate of drug-likeness (QED) is 0.593. The molecule has 0 saturated heterocycles. The van der Waals surface area contributed by atoms with Crippen molar-refractivity contribution >= 4 is 11.4 Å². The first-order valence-corrected chi connectivity index (χ1v) is 5.10. The molecule has 0 bridgehead atoms. The largest absolute Gasteiger partial charge is 0.390 e. The van der Waals surface area contributed by atoms with Gasteiger partial charge in [0.25, 0.3) is 5.69 Å². The van der Waals surface area contributed by atoms with Gasteiger partial charge in [0.2, 0.25) is 0 Å². The van der Waals surface area contributed by atoms with Gasteiger partial charge in [0.05, 0.1) is 10.5 Å². The second-order valence-electron chi connectivity index (χ2n) is 4.26. The molecule has 0 aliphatic heterocycles. The molecule has 0 aromatic heterocycles. The zero-order valence-electron chi connectivity index (χ0n) is 9.43. The van der Waals surface area contributed by atoms with Crippen LogP contribution in [-0.2, 0) is 0 Å². The SMILES string of the molecule is CC(C)(O)CCNc1ccccc1[N+](=O)[O-]. The predicted molar refractivity (Wildman–Crippen MR) is 62.5 cm³/mol. The second-order valence-corrected chi connectivity index (χ2v) is 4.26. The van der Waals surface area contributed by atoms with Crippen molar-refractivity contribution in [2.75, 3.05) is 11.9 Å². The summed E-state index contributed by atoms with van der Waals surface area (Å²) < 4.78 is 0. The molecule has 0 amide bonds. The van der Waals surface area contributed by atoms with E-state index in [1.807, 2.05) is 0 Å². The molecule has 5 nitrogen and oxygen atoms in total. The van der Waals surface area contributed by atoms with Crippen LogP contribution in [0.15, 0.2) is 24.3 Å². The van der Waals surface area contributed by atoms with Gasteiger partial charge < -0.3 is 10.4 Å². The van der Waals surface area contributed by atoms with E-state index in [-0.39, 0.29) is 5.69 Å². The molecule has 0 radical (unpaired) electrons. The van der Waals surface area contributed by atoms with Gasteiger partial charge in [0.1, 0.15) is 5.69 Å². The number of anilines is 1. The van der Waals surface area contributed by atoms with Crippen LogP contribution in [-0.4, -0.2) is 22.2 Å². The van der Waals surface area contributed by atoms with Gasteiger partial charge in [0, 0.05) is 12.6 Å². The minimum Gasteiger partial charge on any atom is -0.390 e. The second kappa shape index (κ2) is 4.94. The van der Waals surface area contributed by atoms with Gasteiger partial charge in [-0.1, -0.05) is 12.1 Å². The maximum atomic E-state index is 10.7. The molecule has 0 saturated carbocycles. The average molecular weight is 224 g/mol. The number of nitro groups is 1. The van der Waals surface area contributed by atoms with Gasteiger partial charge in [0.15, 0.2) is 0 Å². The van der Waals surface area contributed by atoms with Crippen molar-refractivity contribution in [1.29, 1.82) is 0 Å². The number of nitrogens with zero attached hydrogens (tertiary/aromatic N) is 1. The van der Waals surface area contributed by atoms with E-state index in [0.717, 1.165) is 0 Å². The van der Waals surface area contributed by atoms with Crippen molar-refractivity contribution in [1.82, 2.24) is 0 Å². The highest BCUT2D eigenvalue weighted by atomic mass is 16.6. The van der Waals surface area contributed by atoms with Gasteiger partial charge in [-0.15, -0.1) is 0 Å². The average Bonchev–Trinajstić information content (AvgIpc) is 2.16. The third-order valence-corrected chi connectivity index (χ3v) is 2.15. The Labute approximate surface area is 94.3 Å². The van der Waals surface area contributed by atoms with Crippen molar-refractivity contribution in [3.63, 3.8) is 0 Å². The maximum absolute atomic E-state index is 10.7. The summed E-state index contributed by atoms with van der Waals surface area (Å²) in [6.07, 6.45) is 0.527. The van der Waals surface area contributed by atoms with E-state index in [0.29, 0.717) is 18.7 Å². The molecule has 0 atom stereocenters. The summed E-state index contributed by atoms with van der Waals surface area (Å²) in [5, 5.41) is 23.1. The molecule has 16 heavy (non-hydrogen) atoms. The first-order chi connectivity index (χ1) is 7.40. The fourth-order valence-corrected chi connectivity index (χ4v) is 1.29. The van der Waals surface area contributed by atoms with E-state index in [4.69, 9.17) is 0 Å². The Balaban J connectivity index is 2.64. The van der Waals surface area contributed by atoms with E-state index >= 15 is 0 Å². The Morgan fingerprint density at radius 2 is 2.06 bits per heavy atom. The number of hydrogen-bond acceptors (Lipinski definition) is 4. The smallest absolute Gasteiger partial charge is 0.292 e. The molecule has 88 valence electrons. The van der Waals surface area contributed by atoms with Crippen molar-refractivity contribution in [2.24, 2.45) is 0 Å². The fourth-order valence-electron chi connectivity index (χ4n) is 1.29. The molecule has 2 N–H and O–H groups in total. The number of para-hydroxylation sites is 2. The summed E-state index contributed by atoms with van der Waals surface area (Å²) in [5.74, 6) is 0. The van der Waals surface area contributed by atoms with Crippen molar-refractivity contribution < 1.29 is 10.0 Å². The van der Waals surface area contributed by atoms with Gasteiger partial charge in [-0.2, -0.15) is 0 Å². The minimum atomic E-state index is -0.767. The Hall–Kier alpha value is -1.62. The van der Waals surface area contributed by atoms with E-state index in [2.05, 4.69) is 5.32 Å². The number of benzene rings is 1. The van der Waals surface area contributed by atoms with Crippen LogP contribution < -0.4 is 5.32 Å². The standard InChI is InChI=1S/C11H16N2O3/c1-11(2,14)7-8-12-9-5-3-4-6-10(9)13(15)16/h3-6,12,14H,7-8H2,1-2H3. The molecule has 0 aliphatic carbocycles. The Bertz CT molecular complexity index is 372. The summed E-state index contributed by atoms with van der Waals surface area (Å²) in [5.41, 5.74) is -0.230. The molecular formula is C11H16N2O3. The molecule has 1 aromatic rings. The normalized spacial score (nSPS) is 11.2. The van der Waals surface area contributed by atoms with Crippen molar-refractivity contribution in [3.05, 3.63) is 34.4 Å². The molecule has 1 aromatic carbocycles. The van der Waals surface area contributed by atoms with E-state index in [1.54, 1.807) is 32.0 Å². The van der Waals surface area contributed by atoms with E-state index in [9.17, 15) is 15.2 Å². The highest BCUT2D eigenvalue weighted by molar-refractivity contribution is 5.60. The third-order valence-electron chi connectivity index (χ3n) is 2.15. The summed E-state index contributed by atoms with van der Waals surface area (Å²) in [4.78, 5) is 10.3. The number of hydrogen-bond donors (Lipinski definition) is 2. The first-order valence-electron chi connectivity index (χ1n) is 5.10. The number of nitro benzene ring substituents is 1. The molecule has 0 aliphatic rings. The van der Waals surface area contributed by atoms with Crippen LogP contribution in [0.1, 0.15) is 20.3 Å². The molecule has 0 unspecified atom stereocenters. The van der Waals surface area contributed by atoms with E-state index in [1.165, 1.54) is 6.07 Å². The first kappa shape index (κ1) is 12.4. The van der Waals surface area contributed by atoms with Crippen LogP contribution in [0.5, 0.6) is 0 Å². The predicted octanol–water partition coefficient (Wildman–Crippen LogP) is 2.17. The van der Waals surface area contributed by atoms with Gasteiger partial charge in [-0.25, -0.2) is 0 Å². The van der Waals surface area contributed by atoms with Crippen LogP contribution in [0, 0.1) is 10.1 Å². The summed E-state index contributed by atoms with van der Waals surface area (Å²) >= 11 is 0.